The highest BCUT2D eigenvalue weighted by molar-refractivity contribution is 5.94. The summed E-state index contributed by atoms with van der Waals surface area (Å²) in [4.78, 5) is 15.5. The van der Waals surface area contributed by atoms with Crippen LogP contribution < -0.4 is 4.90 Å². The van der Waals surface area contributed by atoms with E-state index in [1.807, 2.05) is 6.92 Å². The SMILES string of the molecule is CCN(C(=O)CN(CCO)CCO)c1ccc(F)cc1. The van der Waals surface area contributed by atoms with Gasteiger partial charge >= 0.3 is 0 Å². The molecule has 5 nitrogen and oxygen atoms in total. The average molecular weight is 284 g/mol. The molecule has 1 amide bonds. The summed E-state index contributed by atoms with van der Waals surface area (Å²) in [5.74, 6) is -0.500. The van der Waals surface area contributed by atoms with Gasteiger partial charge in [0.2, 0.25) is 5.91 Å². The van der Waals surface area contributed by atoms with Gasteiger partial charge in [0.05, 0.1) is 19.8 Å². The van der Waals surface area contributed by atoms with Gasteiger partial charge in [-0.3, -0.25) is 9.69 Å². The third-order valence-electron chi connectivity index (χ3n) is 2.95. The summed E-state index contributed by atoms with van der Waals surface area (Å²) in [6.07, 6.45) is 0. The Balaban J connectivity index is 2.73. The lowest BCUT2D eigenvalue weighted by Gasteiger charge is -2.26. The Bertz CT molecular complexity index is 405. The van der Waals surface area contributed by atoms with Crippen LogP contribution in [0.5, 0.6) is 0 Å². The van der Waals surface area contributed by atoms with Crippen LogP contribution in [-0.4, -0.2) is 60.4 Å². The Labute approximate surface area is 118 Å². The molecule has 1 aromatic carbocycles. The average Bonchev–Trinajstić information content (AvgIpc) is 2.42. The predicted molar refractivity (Wildman–Crippen MR) is 75.0 cm³/mol. The third kappa shape index (κ3) is 4.88. The Morgan fingerprint density at radius 1 is 1.15 bits per heavy atom. The van der Waals surface area contributed by atoms with Crippen LogP contribution >= 0.6 is 0 Å². The molecule has 0 saturated heterocycles. The van der Waals surface area contributed by atoms with Gasteiger partial charge in [-0.1, -0.05) is 0 Å². The smallest absolute Gasteiger partial charge is 0.241 e. The van der Waals surface area contributed by atoms with Gasteiger partial charge in [-0.05, 0) is 31.2 Å². The first-order chi connectivity index (χ1) is 9.62. The fourth-order valence-electron chi connectivity index (χ4n) is 1.95. The summed E-state index contributed by atoms with van der Waals surface area (Å²) in [6, 6.07) is 5.73. The first-order valence-electron chi connectivity index (χ1n) is 6.62. The number of rotatable bonds is 8. The van der Waals surface area contributed by atoms with Crippen LogP contribution in [0.3, 0.4) is 0 Å². The molecule has 112 valence electrons. The number of benzene rings is 1. The van der Waals surface area contributed by atoms with E-state index in [0.717, 1.165) is 0 Å². The topological polar surface area (TPSA) is 64.0 Å². The standard InChI is InChI=1S/C14H21FN2O3/c1-2-17(13-5-3-12(15)4-6-13)14(20)11-16(7-9-18)8-10-19/h3-6,18-19H,2,7-11H2,1H3. The number of carbonyl (C=O) groups is 1. The molecule has 0 aromatic heterocycles. The van der Waals surface area contributed by atoms with E-state index in [4.69, 9.17) is 10.2 Å². The second kappa shape index (κ2) is 8.63. The number of aliphatic hydroxyl groups excluding tert-OH is 2. The van der Waals surface area contributed by atoms with Crippen molar-refractivity contribution in [2.75, 3.05) is 44.3 Å². The number of hydrogen-bond donors (Lipinski definition) is 2. The molecule has 0 saturated carbocycles. The van der Waals surface area contributed by atoms with Crippen molar-refractivity contribution in [1.29, 1.82) is 0 Å². The minimum absolute atomic E-state index is 0.0735. The number of amides is 1. The van der Waals surface area contributed by atoms with Crippen LogP contribution in [0.25, 0.3) is 0 Å². The number of nitrogens with zero attached hydrogens (tertiary/aromatic N) is 2. The van der Waals surface area contributed by atoms with Crippen molar-refractivity contribution in [2.45, 2.75) is 6.92 Å². The highest BCUT2D eigenvalue weighted by Gasteiger charge is 2.17. The van der Waals surface area contributed by atoms with Gasteiger partial charge in [-0.25, -0.2) is 4.39 Å². The lowest BCUT2D eigenvalue weighted by atomic mass is 10.2. The number of likely N-dealkylation sites (N-methyl/N-ethyl adjacent to an activating group) is 1. The second-order valence-electron chi connectivity index (χ2n) is 4.34. The Kier molecular flexibility index (Phi) is 7.14. The Morgan fingerprint density at radius 3 is 2.15 bits per heavy atom. The van der Waals surface area contributed by atoms with Crippen LogP contribution in [0.1, 0.15) is 6.92 Å². The molecule has 6 heteroatoms. The first kappa shape index (κ1) is 16.6. The third-order valence-corrected chi connectivity index (χ3v) is 2.95. The molecule has 0 heterocycles. The monoisotopic (exact) mass is 284 g/mol. The molecular weight excluding hydrogens is 263 g/mol. The van der Waals surface area contributed by atoms with Crippen LogP contribution in [-0.2, 0) is 4.79 Å². The van der Waals surface area contributed by atoms with E-state index in [2.05, 4.69) is 0 Å². The molecule has 0 bridgehead atoms. The van der Waals surface area contributed by atoms with Gasteiger partial charge < -0.3 is 15.1 Å². The van der Waals surface area contributed by atoms with Crippen molar-refractivity contribution in [3.63, 3.8) is 0 Å². The van der Waals surface area contributed by atoms with Gasteiger partial charge in [-0.2, -0.15) is 0 Å². The second-order valence-corrected chi connectivity index (χ2v) is 4.34. The minimum Gasteiger partial charge on any atom is -0.395 e. The Morgan fingerprint density at radius 2 is 1.70 bits per heavy atom. The minimum atomic E-state index is -0.348. The molecule has 2 N–H and O–H groups in total. The summed E-state index contributed by atoms with van der Waals surface area (Å²) in [7, 11) is 0. The zero-order valence-electron chi connectivity index (χ0n) is 11.6. The van der Waals surface area contributed by atoms with Gasteiger partial charge in [0.25, 0.3) is 0 Å². The molecule has 0 aliphatic carbocycles. The van der Waals surface area contributed by atoms with E-state index in [-0.39, 0.29) is 31.5 Å². The fourth-order valence-corrected chi connectivity index (χ4v) is 1.95. The van der Waals surface area contributed by atoms with Crippen molar-refractivity contribution < 1.29 is 19.4 Å². The maximum absolute atomic E-state index is 12.9. The lowest BCUT2D eigenvalue weighted by Crippen LogP contribution is -2.42. The van der Waals surface area contributed by atoms with Gasteiger partial charge in [0, 0.05) is 25.3 Å². The molecule has 1 aromatic rings. The summed E-state index contributed by atoms with van der Waals surface area (Å²) in [5.41, 5.74) is 0.631. The van der Waals surface area contributed by atoms with Crippen LogP contribution in [0, 0.1) is 5.82 Å². The lowest BCUT2D eigenvalue weighted by molar-refractivity contribution is -0.119. The maximum atomic E-state index is 12.9. The van der Waals surface area contributed by atoms with Crippen LogP contribution in [0.15, 0.2) is 24.3 Å². The van der Waals surface area contributed by atoms with Crippen LogP contribution in [0.4, 0.5) is 10.1 Å². The highest BCUT2D eigenvalue weighted by atomic mass is 19.1. The highest BCUT2D eigenvalue weighted by Crippen LogP contribution is 2.15. The van der Waals surface area contributed by atoms with Gasteiger partial charge in [0.15, 0.2) is 0 Å². The number of halogens is 1. The normalized spacial score (nSPS) is 10.8. The summed E-state index contributed by atoms with van der Waals surface area (Å²) < 4.78 is 12.9. The van der Waals surface area contributed by atoms with Gasteiger partial charge in [0.1, 0.15) is 5.82 Å². The fraction of sp³-hybridized carbons (Fsp3) is 0.500. The molecule has 0 aliphatic heterocycles. The van der Waals surface area contributed by atoms with Crippen molar-refractivity contribution in [3.05, 3.63) is 30.1 Å². The predicted octanol–water partition coefficient (Wildman–Crippen LogP) is 0.465. The number of aliphatic hydroxyl groups is 2. The van der Waals surface area contributed by atoms with Crippen LogP contribution in [0.2, 0.25) is 0 Å². The quantitative estimate of drug-likeness (QED) is 0.728. The Hall–Kier alpha value is -1.50. The van der Waals surface area contributed by atoms with Crippen molar-refractivity contribution in [2.24, 2.45) is 0 Å². The van der Waals surface area contributed by atoms with E-state index in [9.17, 15) is 9.18 Å². The largest absolute Gasteiger partial charge is 0.395 e. The molecule has 0 aliphatic rings. The molecule has 0 radical (unpaired) electrons. The summed E-state index contributed by atoms with van der Waals surface area (Å²) >= 11 is 0. The zero-order valence-corrected chi connectivity index (χ0v) is 11.6. The van der Waals surface area contributed by atoms with E-state index < -0.39 is 0 Å². The number of carbonyl (C=O) groups excluding carboxylic acids is 1. The summed E-state index contributed by atoms with van der Waals surface area (Å²) in [6.45, 7) is 2.92. The van der Waals surface area contributed by atoms with Crippen molar-refractivity contribution >= 4 is 11.6 Å². The van der Waals surface area contributed by atoms with Crippen molar-refractivity contribution in [3.8, 4) is 0 Å². The van der Waals surface area contributed by atoms with Gasteiger partial charge in [-0.15, -0.1) is 0 Å². The van der Waals surface area contributed by atoms with E-state index in [0.29, 0.717) is 25.3 Å². The molecule has 20 heavy (non-hydrogen) atoms. The molecule has 0 atom stereocenters. The molecule has 0 unspecified atom stereocenters. The zero-order chi connectivity index (χ0) is 15.0. The molecule has 1 rings (SSSR count). The van der Waals surface area contributed by atoms with E-state index in [1.165, 1.54) is 12.1 Å². The number of hydrogen-bond acceptors (Lipinski definition) is 4. The van der Waals surface area contributed by atoms with E-state index >= 15 is 0 Å². The maximum Gasteiger partial charge on any atom is 0.241 e. The first-order valence-corrected chi connectivity index (χ1v) is 6.62. The molecular formula is C14H21FN2O3. The molecule has 0 spiro atoms. The van der Waals surface area contributed by atoms with E-state index in [1.54, 1.807) is 21.9 Å². The van der Waals surface area contributed by atoms with Crippen molar-refractivity contribution in [1.82, 2.24) is 4.90 Å². The summed E-state index contributed by atoms with van der Waals surface area (Å²) in [5, 5.41) is 17.9. The molecule has 0 fully saturated rings. The number of anilines is 1.